The quantitative estimate of drug-likeness (QED) is 0.721. The first kappa shape index (κ1) is 10.3. The fraction of sp³-hybridized carbons (Fsp3) is 0.462. The number of nitrogens with zero attached hydrogens (tertiary/aromatic N) is 1. The molecular weight excluding hydrogens is 221 g/mol. The highest BCUT2D eigenvalue weighted by Gasteiger charge is 2.47. The van der Waals surface area contributed by atoms with Crippen LogP contribution in [0.5, 0.6) is 0 Å². The number of hydrogen-bond donors (Lipinski definition) is 0. The third-order valence-electron chi connectivity index (χ3n) is 3.30. The summed E-state index contributed by atoms with van der Waals surface area (Å²) in [6.07, 6.45) is 3.67. The summed E-state index contributed by atoms with van der Waals surface area (Å²) < 4.78 is 14.5. The van der Waals surface area contributed by atoms with Crippen molar-refractivity contribution in [2.24, 2.45) is 4.99 Å². The van der Waals surface area contributed by atoms with Crippen LogP contribution >= 0.6 is 11.8 Å². The van der Waals surface area contributed by atoms with Crippen LogP contribution in [0.1, 0.15) is 31.2 Å². The van der Waals surface area contributed by atoms with Crippen molar-refractivity contribution < 1.29 is 4.39 Å². The molecule has 1 aromatic rings. The molecule has 0 amide bonds. The minimum absolute atomic E-state index is 0.110. The van der Waals surface area contributed by atoms with Crippen LogP contribution in [0, 0.1) is 0 Å². The van der Waals surface area contributed by atoms with Crippen molar-refractivity contribution in [3.8, 4) is 0 Å². The van der Waals surface area contributed by atoms with Crippen molar-refractivity contribution in [2.75, 3.05) is 0 Å². The molecule has 2 aliphatic rings. The van der Waals surface area contributed by atoms with Crippen LogP contribution in [0.2, 0.25) is 0 Å². The number of thioether (sulfide) groups is 1. The second-order valence-electron chi connectivity index (χ2n) is 4.45. The first-order valence-electron chi connectivity index (χ1n) is 5.79. The van der Waals surface area contributed by atoms with Gasteiger partial charge >= 0.3 is 0 Å². The van der Waals surface area contributed by atoms with E-state index in [1.54, 1.807) is 0 Å². The van der Waals surface area contributed by atoms with E-state index < -0.39 is 5.00 Å². The van der Waals surface area contributed by atoms with Crippen molar-refractivity contribution in [1.82, 2.24) is 0 Å². The van der Waals surface area contributed by atoms with Gasteiger partial charge in [0.05, 0.1) is 6.04 Å². The van der Waals surface area contributed by atoms with E-state index in [0.717, 1.165) is 29.9 Å². The zero-order valence-corrected chi connectivity index (χ0v) is 9.84. The molecular formula is C13H14FNS. The normalized spacial score (nSPS) is 33.3. The first-order chi connectivity index (χ1) is 7.78. The molecule has 2 atom stereocenters. The highest BCUT2D eigenvalue weighted by molar-refractivity contribution is 8.15. The van der Waals surface area contributed by atoms with Gasteiger partial charge in [-0.1, -0.05) is 48.5 Å². The van der Waals surface area contributed by atoms with Gasteiger partial charge < -0.3 is 0 Å². The maximum atomic E-state index is 14.5. The number of aliphatic imine (C=N–C) groups is 1. The van der Waals surface area contributed by atoms with E-state index in [4.69, 9.17) is 0 Å². The second-order valence-corrected chi connectivity index (χ2v) is 5.72. The summed E-state index contributed by atoms with van der Waals surface area (Å²) in [5, 5.41) is -0.237. The standard InChI is InChI=1S/C13H14FNS/c14-13-9-5-4-8-11(13)15-12(16-13)10-6-2-1-3-7-10/h1-3,6-7,11H,4-5,8-9H2. The molecule has 0 spiro atoms. The van der Waals surface area contributed by atoms with Crippen molar-refractivity contribution in [3.05, 3.63) is 35.9 Å². The summed E-state index contributed by atoms with van der Waals surface area (Å²) in [6.45, 7) is 0. The third kappa shape index (κ3) is 1.67. The molecule has 3 heteroatoms. The molecule has 0 N–H and O–H groups in total. The molecule has 16 heavy (non-hydrogen) atoms. The smallest absolute Gasteiger partial charge is 0.184 e. The van der Waals surface area contributed by atoms with Gasteiger partial charge in [0, 0.05) is 5.56 Å². The Morgan fingerprint density at radius 3 is 2.81 bits per heavy atom. The minimum Gasteiger partial charge on any atom is -0.270 e. The molecule has 1 aliphatic heterocycles. The van der Waals surface area contributed by atoms with Gasteiger partial charge in [0.15, 0.2) is 5.00 Å². The van der Waals surface area contributed by atoms with E-state index in [2.05, 4.69) is 4.99 Å². The SMILES string of the molecule is FC12CCCCC1N=C(c1ccccc1)S2. The molecule has 1 heterocycles. The molecule has 1 aromatic carbocycles. The van der Waals surface area contributed by atoms with Crippen LogP contribution in [-0.2, 0) is 0 Å². The number of benzene rings is 1. The van der Waals surface area contributed by atoms with E-state index in [-0.39, 0.29) is 6.04 Å². The number of fused-ring (bicyclic) bond motifs is 1. The summed E-state index contributed by atoms with van der Waals surface area (Å²) in [5.41, 5.74) is 1.05. The van der Waals surface area contributed by atoms with Gasteiger partial charge in [-0.3, -0.25) is 4.99 Å². The lowest BCUT2D eigenvalue weighted by Gasteiger charge is -2.29. The van der Waals surface area contributed by atoms with Crippen LogP contribution in [-0.4, -0.2) is 16.1 Å². The van der Waals surface area contributed by atoms with Gasteiger partial charge in [0.2, 0.25) is 0 Å². The summed E-state index contributed by atoms with van der Waals surface area (Å²) in [5.74, 6) is 0. The summed E-state index contributed by atoms with van der Waals surface area (Å²) in [6, 6.07) is 9.83. The Labute approximate surface area is 99.2 Å². The molecule has 0 radical (unpaired) electrons. The lowest BCUT2D eigenvalue weighted by molar-refractivity contribution is 0.188. The number of alkyl halides is 1. The largest absolute Gasteiger partial charge is 0.270 e. The number of rotatable bonds is 1. The van der Waals surface area contributed by atoms with Crippen LogP contribution in [0.15, 0.2) is 35.3 Å². The first-order valence-corrected chi connectivity index (χ1v) is 6.61. The Kier molecular flexibility index (Phi) is 2.51. The van der Waals surface area contributed by atoms with E-state index >= 15 is 0 Å². The second kappa shape index (κ2) is 3.88. The summed E-state index contributed by atoms with van der Waals surface area (Å²) in [7, 11) is 0. The highest BCUT2D eigenvalue weighted by atomic mass is 32.2. The minimum atomic E-state index is -1.12. The monoisotopic (exact) mass is 235 g/mol. The zero-order chi connectivity index (χ0) is 11.0. The number of hydrogen-bond acceptors (Lipinski definition) is 2. The molecule has 2 unspecified atom stereocenters. The van der Waals surface area contributed by atoms with Gasteiger partial charge in [-0.05, 0) is 19.3 Å². The van der Waals surface area contributed by atoms with Gasteiger partial charge in [-0.2, -0.15) is 0 Å². The molecule has 84 valence electrons. The molecule has 0 aromatic heterocycles. The fourth-order valence-electron chi connectivity index (χ4n) is 2.41. The average molecular weight is 235 g/mol. The predicted octanol–water partition coefficient (Wildman–Crippen LogP) is 3.79. The maximum Gasteiger partial charge on any atom is 0.184 e. The van der Waals surface area contributed by atoms with Crippen molar-refractivity contribution >= 4 is 16.8 Å². The van der Waals surface area contributed by atoms with E-state index in [1.165, 1.54) is 11.8 Å². The highest BCUT2D eigenvalue weighted by Crippen LogP contribution is 2.49. The number of halogens is 1. The van der Waals surface area contributed by atoms with Crippen LogP contribution in [0.4, 0.5) is 4.39 Å². The van der Waals surface area contributed by atoms with Crippen molar-refractivity contribution in [1.29, 1.82) is 0 Å². The third-order valence-corrected chi connectivity index (χ3v) is 4.65. The van der Waals surface area contributed by atoms with Crippen molar-refractivity contribution in [3.63, 3.8) is 0 Å². The van der Waals surface area contributed by atoms with E-state index in [0.29, 0.717) is 6.42 Å². The molecule has 1 nitrogen and oxygen atoms in total. The average Bonchev–Trinajstić information content (AvgIpc) is 2.67. The lowest BCUT2D eigenvalue weighted by atomic mass is 9.93. The van der Waals surface area contributed by atoms with Gasteiger partial charge in [0.1, 0.15) is 5.04 Å². The Morgan fingerprint density at radius 2 is 2.06 bits per heavy atom. The van der Waals surface area contributed by atoms with Gasteiger partial charge in [-0.15, -0.1) is 0 Å². The Bertz CT molecular complexity index is 417. The zero-order valence-electron chi connectivity index (χ0n) is 9.03. The Balaban J connectivity index is 1.90. The van der Waals surface area contributed by atoms with Gasteiger partial charge in [-0.25, -0.2) is 4.39 Å². The molecule has 0 bridgehead atoms. The fourth-order valence-corrected chi connectivity index (χ4v) is 3.72. The lowest BCUT2D eigenvalue weighted by Crippen LogP contribution is -2.33. The topological polar surface area (TPSA) is 12.4 Å². The molecule has 1 aliphatic carbocycles. The maximum absolute atomic E-state index is 14.5. The van der Waals surface area contributed by atoms with Crippen LogP contribution in [0.25, 0.3) is 0 Å². The Morgan fingerprint density at radius 1 is 1.25 bits per heavy atom. The summed E-state index contributed by atoms with van der Waals surface area (Å²) in [4.78, 5) is 4.56. The van der Waals surface area contributed by atoms with E-state index in [1.807, 2.05) is 30.3 Å². The molecule has 0 saturated heterocycles. The van der Waals surface area contributed by atoms with Crippen LogP contribution < -0.4 is 0 Å². The van der Waals surface area contributed by atoms with Gasteiger partial charge in [0.25, 0.3) is 0 Å². The predicted molar refractivity (Wildman–Crippen MR) is 66.7 cm³/mol. The molecule has 3 rings (SSSR count). The summed E-state index contributed by atoms with van der Waals surface area (Å²) >= 11 is 1.33. The van der Waals surface area contributed by atoms with Crippen molar-refractivity contribution in [2.45, 2.75) is 36.7 Å². The molecule has 1 fully saturated rings. The van der Waals surface area contributed by atoms with E-state index in [9.17, 15) is 4.39 Å². The molecule has 1 saturated carbocycles. The Hall–Kier alpha value is -0.830. The van der Waals surface area contributed by atoms with Crippen LogP contribution in [0.3, 0.4) is 0 Å².